The van der Waals surface area contributed by atoms with Crippen molar-refractivity contribution < 1.29 is 14.2 Å². The van der Waals surface area contributed by atoms with Crippen LogP contribution in [0.2, 0.25) is 0 Å². The lowest BCUT2D eigenvalue weighted by molar-refractivity contribution is -0.230. The van der Waals surface area contributed by atoms with Gasteiger partial charge in [0.2, 0.25) is 0 Å². The quantitative estimate of drug-likeness (QED) is 0.329. The molecule has 2 fully saturated rings. The third-order valence-electron chi connectivity index (χ3n) is 5.34. The maximum atomic E-state index is 6.68. The van der Waals surface area contributed by atoms with Gasteiger partial charge in [-0.2, -0.15) is 0 Å². The molecule has 0 radical (unpaired) electrons. The zero-order valence-corrected chi connectivity index (χ0v) is 19.4. The molecule has 0 unspecified atom stereocenters. The summed E-state index contributed by atoms with van der Waals surface area (Å²) in [5.41, 5.74) is 2.30. The zero-order valence-electron chi connectivity index (χ0n) is 15.0. The standard InChI is InChI=1S/C22H24I2O3/c23-13-18-11-17-12-19(14-24)26-22(17)27-21(16-9-5-2-6-10-16)20(25-18)15-7-3-1-4-8-15/h1-10,17-22H,11-14H2/t17-,18+,19-,20-,21-,22-/m1/s1. The molecule has 0 bridgehead atoms. The predicted octanol–water partition coefficient (Wildman–Crippen LogP) is 5.88. The Morgan fingerprint density at radius 3 is 1.67 bits per heavy atom. The number of ether oxygens (including phenoxy) is 3. The molecule has 2 aliphatic rings. The molecule has 6 atom stereocenters. The van der Waals surface area contributed by atoms with Crippen LogP contribution in [0.4, 0.5) is 0 Å². The number of benzene rings is 2. The molecule has 2 aromatic rings. The third-order valence-corrected chi connectivity index (χ3v) is 7.30. The Bertz CT molecular complexity index is 712. The lowest BCUT2D eigenvalue weighted by atomic mass is 9.93. The largest absolute Gasteiger partial charge is 0.366 e. The Balaban J connectivity index is 1.71. The first kappa shape index (κ1) is 20.1. The average molecular weight is 590 g/mol. The molecule has 0 aromatic heterocycles. The van der Waals surface area contributed by atoms with Crippen molar-refractivity contribution in [1.82, 2.24) is 0 Å². The number of hydrogen-bond acceptors (Lipinski definition) is 3. The Kier molecular flexibility index (Phi) is 7.08. The van der Waals surface area contributed by atoms with Crippen LogP contribution in [0.25, 0.3) is 0 Å². The molecule has 2 aromatic carbocycles. The van der Waals surface area contributed by atoms with Crippen molar-refractivity contribution >= 4 is 45.2 Å². The summed E-state index contributed by atoms with van der Waals surface area (Å²) in [4.78, 5) is 0. The fraction of sp³-hybridized carbons (Fsp3) is 0.455. The Morgan fingerprint density at radius 1 is 0.667 bits per heavy atom. The smallest absolute Gasteiger partial charge is 0.161 e. The van der Waals surface area contributed by atoms with E-state index >= 15 is 0 Å². The summed E-state index contributed by atoms with van der Waals surface area (Å²) < 4.78 is 21.6. The van der Waals surface area contributed by atoms with Crippen LogP contribution >= 0.6 is 45.2 Å². The summed E-state index contributed by atoms with van der Waals surface area (Å²) in [6, 6.07) is 20.9. The fourth-order valence-electron chi connectivity index (χ4n) is 4.03. The average Bonchev–Trinajstić information content (AvgIpc) is 3.10. The molecule has 0 spiro atoms. The van der Waals surface area contributed by atoms with E-state index in [0.717, 1.165) is 32.8 Å². The van der Waals surface area contributed by atoms with E-state index in [4.69, 9.17) is 14.2 Å². The molecule has 5 heteroatoms. The van der Waals surface area contributed by atoms with Crippen LogP contribution in [-0.2, 0) is 14.2 Å². The Morgan fingerprint density at radius 2 is 1.15 bits per heavy atom. The first-order valence-corrected chi connectivity index (χ1v) is 12.5. The maximum Gasteiger partial charge on any atom is 0.161 e. The summed E-state index contributed by atoms with van der Waals surface area (Å²) in [6.07, 6.45) is 2.05. The van der Waals surface area contributed by atoms with Crippen molar-refractivity contribution in [1.29, 1.82) is 0 Å². The molecule has 27 heavy (non-hydrogen) atoms. The van der Waals surface area contributed by atoms with E-state index in [9.17, 15) is 0 Å². The second-order valence-corrected chi connectivity index (χ2v) is 8.98. The molecule has 0 aliphatic carbocycles. The Labute approximate surface area is 188 Å². The molecule has 2 saturated heterocycles. The van der Waals surface area contributed by atoms with Crippen molar-refractivity contribution in [2.45, 2.75) is 43.5 Å². The lowest BCUT2D eigenvalue weighted by Gasteiger charge is -2.37. The third kappa shape index (κ3) is 4.69. The molecule has 2 aliphatic heterocycles. The topological polar surface area (TPSA) is 27.7 Å². The summed E-state index contributed by atoms with van der Waals surface area (Å²) in [7, 11) is 0. The van der Waals surface area contributed by atoms with Crippen LogP contribution in [0.1, 0.15) is 36.2 Å². The minimum absolute atomic E-state index is 0.142. The Hall–Kier alpha value is -0.220. The minimum Gasteiger partial charge on any atom is -0.366 e. The van der Waals surface area contributed by atoms with Gasteiger partial charge < -0.3 is 14.2 Å². The van der Waals surface area contributed by atoms with Crippen molar-refractivity contribution in [3.63, 3.8) is 0 Å². The van der Waals surface area contributed by atoms with Gasteiger partial charge in [0.1, 0.15) is 12.2 Å². The molecular weight excluding hydrogens is 566 g/mol. The number of rotatable bonds is 4. The van der Waals surface area contributed by atoms with Gasteiger partial charge in [0.25, 0.3) is 0 Å². The van der Waals surface area contributed by atoms with Crippen molar-refractivity contribution in [2.24, 2.45) is 5.92 Å². The van der Waals surface area contributed by atoms with Crippen LogP contribution in [0.15, 0.2) is 60.7 Å². The van der Waals surface area contributed by atoms with E-state index in [1.807, 2.05) is 12.1 Å². The molecule has 2 heterocycles. The van der Waals surface area contributed by atoms with E-state index in [1.54, 1.807) is 0 Å². The summed E-state index contributed by atoms with van der Waals surface area (Å²) in [6.45, 7) is 0. The summed E-state index contributed by atoms with van der Waals surface area (Å²) in [5.74, 6) is 0.396. The molecular formula is C22H24I2O3. The molecule has 0 amide bonds. The minimum atomic E-state index is -0.181. The highest BCUT2D eigenvalue weighted by atomic mass is 127. The van der Waals surface area contributed by atoms with Gasteiger partial charge in [-0.1, -0.05) is 106 Å². The van der Waals surface area contributed by atoms with E-state index < -0.39 is 0 Å². The van der Waals surface area contributed by atoms with Gasteiger partial charge in [-0.25, -0.2) is 0 Å². The van der Waals surface area contributed by atoms with E-state index in [1.165, 1.54) is 0 Å². The second kappa shape index (κ2) is 9.52. The van der Waals surface area contributed by atoms with Crippen molar-refractivity contribution in [2.75, 3.05) is 8.86 Å². The summed E-state index contributed by atoms with van der Waals surface area (Å²) in [5, 5.41) is 0. The fourth-order valence-corrected chi connectivity index (χ4v) is 5.17. The van der Waals surface area contributed by atoms with Crippen LogP contribution < -0.4 is 0 Å². The number of halogens is 2. The monoisotopic (exact) mass is 590 g/mol. The van der Waals surface area contributed by atoms with Gasteiger partial charge in [-0.15, -0.1) is 0 Å². The number of alkyl halides is 2. The van der Waals surface area contributed by atoms with Gasteiger partial charge in [-0.05, 0) is 24.0 Å². The van der Waals surface area contributed by atoms with Crippen LogP contribution in [0, 0.1) is 5.92 Å². The van der Waals surface area contributed by atoms with Gasteiger partial charge >= 0.3 is 0 Å². The molecule has 4 rings (SSSR count). The highest BCUT2D eigenvalue weighted by Gasteiger charge is 2.43. The first-order chi connectivity index (χ1) is 13.3. The molecule has 0 saturated carbocycles. The maximum absolute atomic E-state index is 6.68. The van der Waals surface area contributed by atoms with E-state index in [-0.39, 0.29) is 30.7 Å². The molecule has 3 nitrogen and oxygen atoms in total. The highest BCUT2D eigenvalue weighted by molar-refractivity contribution is 14.1. The lowest BCUT2D eigenvalue weighted by Crippen LogP contribution is -2.35. The van der Waals surface area contributed by atoms with Crippen LogP contribution in [-0.4, -0.2) is 27.4 Å². The van der Waals surface area contributed by atoms with E-state index in [0.29, 0.717) is 5.92 Å². The highest BCUT2D eigenvalue weighted by Crippen LogP contribution is 2.44. The zero-order chi connectivity index (χ0) is 18.6. The van der Waals surface area contributed by atoms with Gasteiger partial charge in [-0.3, -0.25) is 0 Å². The first-order valence-electron chi connectivity index (χ1n) is 9.46. The van der Waals surface area contributed by atoms with Gasteiger partial charge in [0, 0.05) is 14.8 Å². The molecule has 144 valence electrons. The second-order valence-electron chi connectivity index (χ2n) is 7.22. The SMILES string of the molecule is IC[C@H]1C[C@H]2C[C@@H](CI)O[C@H](c3ccccc3)[C@@H](c3ccccc3)O[C@H]2O1. The molecule has 0 N–H and O–H groups in total. The van der Waals surface area contributed by atoms with Crippen LogP contribution in [0.5, 0.6) is 0 Å². The van der Waals surface area contributed by atoms with Crippen molar-refractivity contribution in [3.8, 4) is 0 Å². The van der Waals surface area contributed by atoms with Crippen LogP contribution in [0.3, 0.4) is 0 Å². The predicted molar refractivity (Wildman–Crippen MR) is 123 cm³/mol. The normalized spacial score (nSPS) is 33.9. The van der Waals surface area contributed by atoms with E-state index in [2.05, 4.69) is 93.7 Å². The number of fused-ring (bicyclic) bond motifs is 1. The van der Waals surface area contributed by atoms with Gasteiger partial charge in [0.15, 0.2) is 6.29 Å². The van der Waals surface area contributed by atoms with Crippen molar-refractivity contribution in [3.05, 3.63) is 71.8 Å². The summed E-state index contributed by atoms with van der Waals surface area (Å²) >= 11 is 4.86. The van der Waals surface area contributed by atoms with Gasteiger partial charge in [0.05, 0.1) is 12.2 Å². The number of hydrogen-bond donors (Lipinski definition) is 0.